The van der Waals surface area contributed by atoms with Gasteiger partial charge in [0, 0.05) is 15.6 Å². The molecule has 2 aromatic carbocycles. The molecule has 0 radical (unpaired) electrons. The number of thiazole rings is 1. The molecule has 122 valence electrons. The largest absolute Gasteiger partial charge is 1.00 e. The van der Waals surface area contributed by atoms with Crippen molar-refractivity contribution in [3.05, 3.63) is 69.0 Å². The van der Waals surface area contributed by atoms with Crippen molar-refractivity contribution in [3.63, 3.8) is 0 Å². The van der Waals surface area contributed by atoms with Crippen LogP contribution in [-0.2, 0) is 6.61 Å². The molecule has 4 nitrogen and oxygen atoms in total. The molecule has 3 aromatic rings. The normalized spacial score (nSPS) is 10.2. The molecule has 0 spiro atoms. The summed E-state index contributed by atoms with van der Waals surface area (Å²) in [6.07, 6.45) is 0. The molecule has 1 aromatic heterocycles. The number of carbonyl (C=O) groups excluding carboxylic acids is 1. The number of aromatic carboxylic acids is 1. The van der Waals surface area contributed by atoms with Gasteiger partial charge in [-0.1, -0.05) is 47.5 Å². The van der Waals surface area contributed by atoms with Crippen molar-refractivity contribution in [1.29, 1.82) is 0 Å². The standard InChI is InChI=1S/C17H11Cl2NO3S.Na/c18-12-5-1-10(2-6-12)9-23-15-14(17(21)22)24-16(20-15)11-3-7-13(19)8-4-11;/h1-8H,9H2,(H,21,22);/q;+1/p-1. The molecule has 0 aliphatic heterocycles. The fourth-order valence-electron chi connectivity index (χ4n) is 1.98. The van der Waals surface area contributed by atoms with Gasteiger partial charge in [0.05, 0.1) is 5.97 Å². The molecule has 0 fully saturated rings. The van der Waals surface area contributed by atoms with Crippen LogP contribution in [0.1, 0.15) is 15.2 Å². The zero-order valence-corrected chi connectivity index (χ0v) is 17.5. The van der Waals surface area contributed by atoms with E-state index in [1.807, 2.05) is 0 Å². The number of benzene rings is 2. The average Bonchev–Trinajstić information content (AvgIpc) is 2.99. The van der Waals surface area contributed by atoms with Gasteiger partial charge < -0.3 is 14.6 Å². The van der Waals surface area contributed by atoms with Gasteiger partial charge in [0.2, 0.25) is 5.88 Å². The van der Waals surface area contributed by atoms with Gasteiger partial charge in [0.25, 0.3) is 0 Å². The maximum Gasteiger partial charge on any atom is 1.00 e. The zero-order valence-electron chi connectivity index (χ0n) is 13.2. The summed E-state index contributed by atoms with van der Waals surface area (Å²) in [5, 5.41) is 13.1. The summed E-state index contributed by atoms with van der Waals surface area (Å²) in [7, 11) is 0. The topological polar surface area (TPSA) is 62.2 Å². The van der Waals surface area contributed by atoms with E-state index in [1.54, 1.807) is 48.5 Å². The van der Waals surface area contributed by atoms with Crippen molar-refractivity contribution in [3.8, 4) is 16.5 Å². The number of aromatic nitrogens is 1. The maximum atomic E-state index is 11.3. The quantitative estimate of drug-likeness (QED) is 0.599. The van der Waals surface area contributed by atoms with Gasteiger partial charge >= 0.3 is 29.6 Å². The van der Waals surface area contributed by atoms with Crippen LogP contribution in [-0.4, -0.2) is 11.0 Å². The second kappa shape index (κ2) is 9.03. The van der Waals surface area contributed by atoms with E-state index in [-0.39, 0.29) is 46.9 Å². The molecule has 0 saturated carbocycles. The third-order valence-electron chi connectivity index (χ3n) is 3.16. The molecule has 8 heteroatoms. The summed E-state index contributed by atoms with van der Waals surface area (Å²) in [6.45, 7) is 0.182. The van der Waals surface area contributed by atoms with E-state index in [9.17, 15) is 9.90 Å². The van der Waals surface area contributed by atoms with Gasteiger partial charge in [-0.2, -0.15) is 0 Å². The average molecular weight is 402 g/mol. The summed E-state index contributed by atoms with van der Waals surface area (Å²) in [5.41, 5.74) is 1.61. The van der Waals surface area contributed by atoms with Crippen LogP contribution < -0.4 is 39.4 Å². The van der Waals surface area contributed by atoms with E-state index in [4.69, 9.17) is 27.9 Å². The number of ether oxygens (including phenoxy) is 1. The number of carboxylic acids is 1. The van der Waals surface area contributed by atoms with Crippen LogP contribution in [0.2, 0.25) is 10.0 Å². The molecule has 0 aliphatic rings. The molecule has 0 bridgehead atoms. The van der Waals surface area contributed by atoms with Crippen LogP contribution in [0.4, 0.5) is 0 Å². The Bertz CT molecular complexity index is 867. The summed E-state index contributed by atoms with van der Waals surface area (Å²) in [4.78, 5) is 15.5. The van der Waals surface area contributed by atoms with Crippen molar-refractivity contribution >= 4 is 40.5 Å². The number of carbonyl (C=O) groups is 1. The number of carboxylic acid groups (broad SMARTS) is 1. The van der Waals surface area contributed by atoms with E-state index >= 15 is 0 Å². The van der Waals surface area contributed by atoms with Crippen LogP contribution in [0, 0.1) is 0 Å². The molecule has 25 heavy (non-hydrogen) atoms. The maximum absolute atomic E-state index is 11.3. The SMILES string of the molecule is O=C([O-])c1sc(-c2ccc(Cl)cc2)nc1OCc1ccc(Cl)cc1.[Na+]. The zero-order chi connectivity index (χ0) is 17.1. The number of halogens is 2. The smallest absolute Gasteiger partial charge is 0.544 e. The summed E-state index contributed by atoms with van der Waals surface area (Å²) in [6, 6.07) is 14.0. The second-order valence-corrected chi connectivity index (χ2v) is 6.73. The van der Waals surface area contributed by atoms with Crippen LogP contribution in [0.3, 0.4) is 0 Å². The predicted molar refractivity (Wildman–Crippen MR) is 92.7 cm³/mol. The predicted octanol–water partition coefficient (Wildman–Crippen LogP) is 1.06. The minimum absolute atomic E-state index is 0. The number of nitrogens with zero attached hydrogens (tertiary/aromatic N) is 1. The van der Waals surface area contributed by atoms with E-state index in [0.717, 1.165) is 22.5 Å². The number of rotatable bonds is 5. The molecule has 0 unspecified atom stereocenters. The van der Waals surface area contributed by atoms with E-state index in [1.165, 1.54) is 0 Å². The summed E-state index contributed by atoms with van der Waals surface area (Å²) in [5.74, 6) is -1.28. The Kier molecular flexibility index (Phi) is 7.31. The molecule has 0 N–H and O–H groups in total. The van der Waals surface area contributed by atoms with Crippen molar-refractivity contribution in [1.82, 2.24) is 4.98 Å². The molecular formula is C17H10Cl2NNaO3S. The number of hydrogen-bond donors (Lipinski definition) is 0. The van der Waals surface area contributed by atoms with Crippen molar-refractivity contribution in [2.24, 2.45) is 0 Å². The summed E-state index contributed by atoms with van der Waals surface area (Å²) >= 11 is 12.7. The van der Waals surface area contributed by atoms with E-state index < -0.39 is 5.97 Å². The Hall–Kier alpha value is -1.08. The molecule has 3 rings (SSSR count). The molecule has 0 amide bonds. The molecule has 1 heterocycles. The van der Waals surface area contributed by atoms with E-state index in [2.05, 4.69) is 4.98 Å². The van der Waals surface area contributed by atoms with Gasteiger partial charge in [-0.15, -0.1) is 11.3 Å². The van der Waals surface area contributed by atoms with Crippen LogP contribution in [0.25, 0.3) is 10.6 Å². The van der Waals surface area contributed by atoms with Crippen LogP contribution in [0.15, 0.2) is 48.5 Å². The molecule has 0 saturated heterocycles. The van der Waals surface area contributed by atoms with Gasteiger partial charge in [-0.3, -0.25) is 0 Å². The Morgan fingerprint density at radius 3 is 2.16 bits per heavy atom. The molecule has 0 atom stereocenters. The monoisotopic (exact) mass is 401 g/mol. The van der Waals surface area contributed by atoms with Gasteiger partial charge in [-0.05, 0) is 29.8 Å². The van der Waals surface area contributed by atoms with Gasteiger partial charge in [0.1, 0.15) is 16.5 Å². The first-order chi connectivity index (χ1) is 11.5. The summed E-state index contributed by atoms with van der Waals surface area (Å²) < 4.78 is 5.56. The Balaban J connectivity index is 0.00000225. The Morgan fingerprint density at radius 1 is 1.04 bits per heavy atom. The van der Waals surface area contributed by atoms with Gasteiger partial charge in [0.15, 0.2) is 0 Å². The molecule has 0 aliphatic carbocycles. The van der Waals surface area contributed by atoms with Crippen LogP contribution in [0.5, 0.6) is 5.88 Å². The first-order valence-corrected chi connectivity index (χ1v) is 8.45. The fraction of sp³-hybridized carbons (Fsp3) is 0.0588. The Labute approximate surface area is 180 Å². The number of hydrogen-bond acceptors (Lipinski definition) is 5. The Morgan fingerprint density at radius 2 is 1.60 bits per heavy atom. The first-order valence-electron chi connectivity index (χ1n) is 6.88. The minimum Gasteiger partial charge on any atom is -0.544 e. The molecular weight excluding hydrogens is 392 g/mol. The van der Waals surface area contributed by atoms with E-state index in [0.29, 0.717) is 15.1 Å². The van der Waals surface area contributed by atoms with Crippen molar-refractivity contribution < 1.29 is 44.2 Å². The minimum atomic E-state index is -1.32. The second-order valence-electron chi connectivity index (χ2n) is 4.86. The third kappa shape index (κ3) is 5.20. The van der Waals surface area contributed by atoms with Crippen molar-refractivity contribution in [2.45, 2.75) is 6.61 Å². The third-order valence-corrected chi connectivity index (χ3v) is 4.73. The first kappa shape index (κ1) is 20.2. The van der Waals surface area contributed by atoms with Gasteiger partial charge in [-0.25, -0.2) is 4.98 Å². The van der Waals surface area contributed by atoms with Crippen LogP contribution >= 0.6 is 34.5 Å². The fourth-order valence-corrected chi connectivity index (χ4v) is 3.08. The van der Waals surface area contributed by atoms with Crippen molar-refractivity contribution in [2.75, 3.05) is 0 Å².